The maximum atomic E-state index is 10.5. The Morgan fingerprint density at radius 3 is 2.56 bits per heavy atom. The Kier molecular flexibility index (Phi) is 4.58. The number of nitrogens with one attached hydrogen (secondary N) is 1. The molecular formula is C21H22N4OS. The molecule has 0 saturated carbocycles. The Hall–Kier alpha value is -2.86. The second kappa shape index (κ2) is 7.04. The lowest BCUT2D eigenvalue weighted by Crippen LogP contribution is -2.30. The molecule has 0 bridgehead atoms. The maximum absolute atomic E-state index is 10.5. The molecule has 1 aromatic carbocycles. The molecule has 1 aliphatic rings. The molecule has 2 N–H and O–H groups in total. The van der Waals surface area contributed by atoms with E-state index in [0.29, 0.717) is 16.8 Å². The van der Waals surface area contributed by atoms with Crippen LogP contribution in [0.4, 0.5) is 5.69 Å². The van der Waals surface area contributed by atoms with Crippen LogP contribution in [-0.2, 0) is 0 Å². The summed E-state index contributed by atoms with van der Waals surface area (Å²) in [5, 5.41) is 14.5. The fourth-order valence-corrected chi connectivity index (χ4v) is 4.05. The number of nitrogens with zero attached hydrogens (tertiary/aromatic N) is 3. The third-order valence-electron chi connectivity index (χ3n) is 4.91. The van der Waals surface area contributed by atoms with E-state index in [9.17, 15) is 5.11 Å². The standard InChI is InChI=1S/C21H22N4OS/c1-14(2)24-13-7-10-17(24)20-19(15-8-5-6-12-22-15)23-21(27)25(20)16-9-3-4-11-18(16)26/h3-14,19-20,26H,1-2H3,(H,23,27)/t19-,20-/m0/s1. The monoisotopic (exact) mass is 378 g/mol. The normalized spacial score (nSPS) is 19.5. The molecule has 0 unspecified atom stereocenters. The second-order valence-electron chi connectivity index (χ2n) is 6.92. The van der Waals surface area contributed by atoms with Crippen LogP contribution >= 0.6 is 12.2 Å². The topological polar surface area (TPSA) is 53.3 Å². The van der Waals surface area contributed by atoms with Crippen LogP contribution in [0.2, 0.25) is 0 Å². The van der Waals surface area contributed by atoms with Crippen LogP contribution in [0.15, 0.2) is 67.0 Å². The highest BCUT2D eigenvalue weighted by Crippen LogP contribution is 2.44. The average molecular weight is 379 g/mol. The number of anilines is 1. The number of benzene rings is 1. The second-order valence-corrected chi connectivity index (χ2v) is 7.31. The number of phenolic OH excluding ortho intramolecular Hbond substituents is 1. The Labute approximate surface area is 164 Å². The molecule has 4 rings (SSSR count). The molecule has 138 valence electrons. The summed E-state index contributed by atoms with van der Waals surface area (Å²) in [5.74, 6) is 0.205. The molecule has 0 aliphatic carbocycles. The van der Waals surface area contributed by atoms with Crippen molar-refractivity contribution in [2.45, 2.75) is 32.0 Å². The molecule has 0 radical (unpaired) electrons. The lowest BCUT2D eigenvalue weighted by Gasteiger charge is -2.30. The number of hydrogen-bond acceptors (Lipinski definition) is 3. The van der Waals surface area contributed by atoms with Gasteiger partial charge in [-0.3, -0.25) is 4.98 Å². The Bertz CT molecular complexity index is 954. The van der Waals surface area contributed by atoms with Crippen LogP contribution in [0.5, 0.6) is 5.75 Å². The summed E-state index contributed by atoms with van der Waals surface area (Å²) in [7, 11) is 0. The van der Waals surface area contributed by atoms with E-state index in [2.05, 4.69) is 47.0 Å². The molecule has 27 heavy (non-hydrogen) atoms. The van der Waals surface area contributed by atoms with Crippen LogP contribution in [0.1, 0.15) is 43.4 Å². The fourth-order valence-electron chi connectivity index (χ4n) is 3.71. The number of para-hydroxylation sites is 2. The van der Waals surface area contributed by atoms with E-state index in [1.807, 2.05) is 41.3 Å². The molecule has 2 atom stereocenters. The van der Waals surface area contributed by atoms with E-state index in [1.165, 1.54) is 0 Å². The zero-order valence-electron chi connectivity index (χ0n) is 15.3. The number of phenols is 1. The minimum Gasteiger partial charge on any atom is -0.506 e. The summed E-state index contributed by atoms with van der Waals surface area (Å²) in [6.07, 6.45) is 3.88. The quantitative estimate of drug-likeness (QED) is 0.661. The lowest BCUT2D eigenvalue weighted by molar-refractivity contribution is 0.467. The Morgan fingerprint density at radius 2 is 1.85 bits per heavy atom. The van der Waals surface area contributed by atoms with E-state index in [0.717, 1.165) is 11.4 Å². The van der Waals surface area contributed by atoms with E-state index >= 15 is 0 Å². The molecule has 6 heteroatoms. The molecule has 1 fully saturated rings. The van der Waals surface area contributed by atoms with Crippen molar-refractivity contribution in [2.75, 3.05) is 4.90 Å². The molecule has 3 aromatic rings. The van der Waals surface area contributed by atoms with Crippen LogP contribution in [-0.4, -0.2) is 19.8 Å². The number of aromatic nitrogens is 2. The van der Waals surface area contributed by atoms with Crippen LogP contribution in [0, 0.1) is 0 Å². The lowest BCUT2D eigenvalue weighted by atomic mass is 10.0. The summed E-state index contributed by atoms with van der Waals surface area (Å²) in [6, 6.07) is 17.4. The van der Waals surface area contributed by atoms with Gasteiger partial charge in [-0.2, -0.15) is 0 Å². The van der Waals surface area contributed by atoms with Crippen molar-refractivity contribution in [2.24, 2.45) is 0 Å². The van der Waals surface area contributed by atoms with E-state index in [1.54, 1.807) is 12.3 Å². The molecular weight excluding hydrogens is 356 g/mol. The number of thiocarbonyl (C=S) groups is 1. The van der Waals surface area contributed by atoms with Gasteiger partial charge in [-0.15, -0.1) is 0 Å². The van der Waals surface area contributed by atoms with Gasteiger partial charge in [-0.25, -0.2) is 0 Å². The minimum atomic E-state index is -0.127. The highest BCUT2D eigenvalue weighted by Gasteiger charge is 2.42. The van der Waals surface area contributed by atoms with Crippen LogP contribution in [0.25, 0.3) is 0 Å². The van der Waals surface area contributed by atoms with Gasteiger partial charge >= 0.3 is 0 Å². The highest BCUT2D eigenvalue weighted by atomic mass is 32.1. The van der Waals surface area contributed by atoms with Gasteiger partial charge < -0.3 is 19.9 Å². The van der Waals surface area contributed by atoms with Gasteiger partial charge in [-0.05, 0) is 62.5 Å². The summed E-state index contributed by atoms with van der Waals surface area (Å²) in [4.78, 5) is 6.56. The maximum Gasteiger partial charge on any atom is 0.174 e. The molecule has 3 heterocycles. The average Bonchev–Trinajstić information content (AvgIpc) is 3.27. The molecule has 1 saturated heterocycles. The van der Waals surface area contributed by atoms with Gasteiger partial charge in [0.2, 0.25) is 0 Å². The van der Waals surface area contributed by atoms with Gasteiger partial charge in [0.25, 0.3) is 0 Å². The molecule has 0 spiro atoms. The van der Waals surface area contributed by atoms with Crippen molar-refractivity contribution in [1.82, 2.24) is 14.9 Å². The fraction of sp³-hybridized carbons (Fsp3) is 0.238. The zero-order valence-corrected chi connectivity index (χ0v) is 16.1. The van der Waals surface area contributed by atoms with Gasteiger partial charge in [0.1, 0.15) is 11.8 Å². The molecule has 1 aliphatic heterocycles. The summed E-state index contributed by atoms with van der Waals surface area (Å²) in [6.45, 7) is 4.31. The summed E-state index contributed by atoms with van der Waals surface area (Å²) < 4.78 is 2.24. The number of hydrogen-bond donors (Lipinski definition) is 2. The van der Waals surface area contributed by atoms with Crippen LogP contribution < -0.4 is 10.2 Å². The van der Waals surface area contributed by atoms with Crippen molar-refractivity contribution in [3.8, 4) is 5.75 Å². The molecule has 2 aromatic heterocycles. The van der Waals surface area contributed by atoms with Gasteiger partial charge in [-0.1, -0.05) is 18.2 Å². The van der Waals surface area contributed by atoms with Crippen molar-refractivity contribution in [1.29, 1.82) is 0 Å². The van der Waals surface area contributed by atoms with E-state index in [-0.39, 0.29) is 17.8 Å². The van der Waals surface area contributed by atoms with Crippen LogP contribution in [0.3, 0.4) is 0 Å². The first-order valence-corrected chi connectivity index (χ1v) is 9.44. The first-order valence-electron chi connectivity index (χ1n) is 9.03. The molecule has 5 nitrogen and oxygen atoms in total. The predicted octanol–water partition coefficient (Wildman–Crippen LogP) is 4.35. The smallest absolute Gasteiger partial charge is 0.174 e. The first-order chi connectivity index (χ1) is 13.1. The summed E-state index contributed by atoms with van der Waals surface area (Å²) >= 11 is 5.69. The molecule has 0 amide bonds. The van der Waals surface area contributed by atoms with Crippen molar-refractivity contribution >= 4 is 23.0 Å². The highest BCUT2D eigenvalue weighted by molar-refractivity contribution is 7.80. The minimum absolute atomic E-state index is 0.120. The van der Waals surface area contributed by atoms with Crippen molar-refractivity contribution in [3.05, 3.63) is 78.4 Å². The Morgan fingerprint density at radius 1 is 1.07 bits per heavy atom. The predicted molar refractivity (Wildman–Crippen MR) is 111 cm³/mol. The first kappa shape index (κ1) is 17.5. The third-order valence-corrected chi connectivity index (χ3v) is 5.23. The van der Waals surface area contributed by atoms with Gasteiger partial charge in [0, 0.05) is 24.1 Å². The summed E-state index contributed by atoms with van der Waals surface area (Å²) in [5.41, 5.74) is 2.73. The third kappa shape index (κ3) is 3.06. The van der Waals surface area contributed by atoms with E-state index < -0.39 is 0 Å². The largest absolute Gasteiger partial charge is 0.506 e. The zero-order chi connectivity index (χ0) is 19.0. The number of aromatic hydroxyl groups is 1. The van der Waals surface area contributed by atoms with E-state index in [4.69, 9.17) is 12.2 Å². The van der Waals surface area contributed by atoms with Gasteiger partial charge in [0.15, 0.2) is 5.11 Å². The van der Waals surface area contributed by atoms with Crippen molar-refractivity contribution in [3.63, 3.8) is 0 Å². The van der Waals surface area contributed by atoms with Gasteiger partial charge in [0.05, 0.1) is 17.4 Å². The Balaban J connectivity index is 1.88. The number of pyridine rings is 1. The van der Waals surface area contributed by atoms with Crippen molar-refractivity contribution < 1.29 is 5.11 Å². The number of rotatable bonds is 4. The SMILES string of the molecule is CC(C)n1cccc1[C@H]1[C@H](c2ccccn2)NC(=S)N1c1ccccc1O.